The summed E-state index contributed by atoms with van der Waals surface area (Å²) in [5, 5.41) is 7.05. The number of rotatable bonds is 10. The van der Waals surface area contributed by atoms with Crippen molar-refractivity contribution < 1.29 is 33.4 Å². The first-order valence-electron chi connectivity index (χ1n) is 11.7. The number of ether oxygens (including phenoxy) is 3. The number of carbonyl (C=O) groups is 4. The van der Waals surface area contributed by atoms with Crippen LogP contribution < -0.4 is 25.4 Å². The molecule has 0 radical (unpaired) electrons. The van der Waals surface area contributed by atoms with E-state index in [2.05, 4.69) is 16.0 Å². The van der Waals surface area contributed by atoms with Gasteiger partial charge >= 0.3 is 12.1 Å². The topological polar surface area (TPSA) is 135 Å². The second-order valence-corrected chi connectivity index (χ2v) is 8.33. The summed E-state index contributed by atoms with van der Waals surface area (Å²) >= 11 is 0. The Balaban J connectivity index is 1.36. The molecule has 2 aromatic rings. The van der Waals surface area contributed by atoms with Crippen LogP contribution >= 0.6 is 0 Å². The summed E-state index contributed by atoms with van der Waals surface area (Å²) in [6.07, 6.45) is 0.974. The number of carbonyl (C=O) groups excluding carboxylic acids is 4. The standard InChI is InChI=1S/C25H28N4O7/c1-2-34-15-12-25(21(30)27-23(32)28-22(25)31)36-20-10-8-19(9-11-20)35-18-6-4-17(5-7-18)16-26-24(33)29-13-3-14-29/h4-11H,2-3,12-16H2,1H3,(H,26,33)(H2,27,28,30,31,32). The summed E-state index contributed by atoms with van der Waals surface area (Å²) in [4.78, 5) is 50.4. The predicted octanol–water partition coefficient (Wildman–Crippen LogP) is 2.30. The highest BCUT2D eigenvalue weighted by atomic mass is 16.5. The molecule has 0 spiro atoms. The molecule has 2 aliphatic heterocycles. The van der Waals surface area contributed by atoms with E-state index in [1.807, 2.05) is 12.1 Å². The number of imide groups is 2. The molecule has 2 fully saturated rings. The van der Waals surface area contributed by atoms with Crippen molar-refractivity contribution >= 4 is 23.9 Å². The molecule has 2 saturated heterocycles. The molecule has 3 N–H and O–H groups in total. The van der Waals surface area contributed by atoms with E-state index in [1.165, 1.54) is 0 Å². The van der Waals surface area contributed by atoms with Gasteiger partial charge in [-0.3, -0.25) is 20.2 Å². The van der Waals surface area contributed by atoms with E-state index in [0.29, 0.717) is 24.7 Å². The van der Waals surface area contributed by atoms with Crippen molar-refractivity contribution in [2.24, 2.45) is 0 Å². The minimum Gasteiger partial charge on any atom is -0.467 e. The van der Waals surface area contributed by atoms with Crippen LogP contribution in [-0.4, -0.2) is 60.7 Å². The van der Waals surface area contributed by atoms with Crippen LogP contribution in [0.3, 0.4) is 0 Å². The Hall–Kier alpha value is -4.12. The van der Waals surface area contributed by atoms with Gasteiger partial charge in [-0.15, -0.1) is 0 Å². The number of hydrogen-bond donors (Lipinski definition) is 3. The van der Waals surface area contributed by atoms with E-state index in [9.17, 15) is 19.2 Å². The van der Waals surface area contributed by atoms with Crippen molar-refractivity contribution in [1.82, 2.24) is 20.9 Å². The van der Waals surface area contributed by atoms with Gasteiger partial charge in [0.15, 0.2) is 0 Å². The van der Waals surface area contributed by atoms with E-state index < -0.39 is 23.4 Å². The lowest BCUT2D eigenvalue weighted by Gasteiger charge is -2.34. The molecule has 2 aliphatic rings. The van der Waals surface area contributed by atoms with Crippen LogP contribution in [0.5, 0.6) is 17.2 Å². The van der Waals surface area contributed by atoms with Crippen molar-refractivity contribution in [3.8, 4) is 17.2 Å². The first kappa shape index (κ1) is 25.0. The van der Waals surface area contributed by atoms with E-state index >= 15 is 0 Å². The summed E-state index contributed by atoms with van der Waals surface area (Å²) < 4.78 is 17.0. The molecule has 2 heterocycles. The van der Waals surface area contributed by atoms with Gasteiger partial charge < -0.3 is 24.4 Å². The van der Waals surface area contributed by atoms with Crippen molar-refractivity contribution in [3.05, 3.63) is 54.1 Å². The molecule has 0 bridgehead atoms. The van der Waals surface area contributed by atoms with Gasteiger partial charge in [0.05, 0.1) is 6.61 Å². The second kappa shape index (κ2) is 11.1. The Morgan fingerprint density at radius 2 is 1.53 bits per heavy atom. The number of nitrogens with one attached hydrogen (secondary N) is 3. The highest BCUT2D eigenvalue weighted by molar-refractivity contribution is 6.21. The van der Waals surface area contributed by atoms with Crippen molar-refractivity contribution in [2.75, 3.05) is 26.3 Å². The zero-order valence-electron chi connectivity index (χ0n) is 19.9. The minimum absolute atomic E-state index is 0.0571. The van der Waals surface area contributed by atoms with Crippen LogP contribution in [0.1, 0.15) is 25.3 Å². The second-order valence-electron chi connectivity index (χ2n) is 8.33. The molecule has 0 atom stereocenters. The molecular weight excluding hydrogens is 468 g/mol. The maximum atomic E-state index is 12.6. The molecule has 4 rings (SSSR count). The highest BCUT2D eigenvalue weighted by Crippen LogP contribution is 2.28. The van der Waals surface area contributed by atoms with Gasteiger partial charge in [0.2, 0.25) is 0 Å². The van der Waals surface area contributed by atoms with Crippen LogP contribution in [0, 0.1) is 0 Å². The van der Waals surface area contributed by atoms with Crippen LogP contribution in [0.2, 0.25) is 0 Å². The summed E-state index contributed by atoms with van der Waals surface area (Å²) in [6, 6.07) is 12.8. The van der Waals surface area contributed by atoms with Gasteiger partial charge in [0.1, 0.15) is 17.2 Å². The number of urea groups is 2. The van der Waals surface area contributed by atoms with E-state index in [0.717, 1.165) is 25.1 Å². The molecule has 0 aromatic heterocycles. The highest BCUT2D eigenvalue weighted by Gasteiger charge is 2.52. The van der Waals surface area contributed by atoms with Gasteiger partial charge in [-0.05, 0) is 55.3 Å². The molecule has 2 aromatic carbocycles. The van der Waals surface area contributed by atoms with E-state index in [-0.39, 0.29) is 24.8 Å². The van der Waals surface area contributed by atoms with Crippen LogP contribution in [0.15, 0.2) is 48.5 Å². The van der Waals surface area contributed by atoms with Gasteiger partial charge in [-0.25, -0.2) is 9.59 Å². The first-order valence-corrected chi connectivity index (χ1v) is 11.7. The minimum atomic E-state index is -1.94. The zero-order chi connectivity index (χ0) is 25.5. The van der Waals surface area contributed by atoms with Crippen LogP contribution in [0.4, 0.5) is 9.59 Å². The molecular formula is C25H28N4O7. The lowest BCUT2D eigenvalue weighted by atomic mass is 9.95. The SMILES string of the molecule is CCOCCC1(Oc2ccc(Oc3ccc(CNC(=O)N4CCC4)cc3)cc2)C(=O)NC(=O)NC1=O. The average molecular weight is 497 g/mol. The van der Waals surface area contributed by atoms with Gasteiger partial charge in [0.25, 0.3) is 17.4 Å². The monoisotopic (exact) mass is 496 g/mol. The fourth-order valence-electron chi connectivity index (χ4n) is 3.67. The summed E-state index contributed by atoms with van der Waals surface area (Å²) in [6.45, 7) is 4.31. The third kappa shape index (κ3) is 5.74. The third-order valence-corrected chi connectivity index (χ3v) is 5.85. The van der Waals surface area contributed by atoms with Gasteiger partial charge in [-0.2, -0.15) is 0 Å². The quantitative estimate of drug-likeness (QED) is 0.339. The predicted molar refractivity (Wildman–Crippen MR) is 128 cm³/mol. The Labute approximate surface area is 208 Å². The Morgan fingerprint density at radius 3 is 2.08 bits per heavy atom. The lowest BCUT2D eigenvalue weighted by molar-refractivity contribution is -0.153. The number of nitrogens with zero attached hydrogens (tertiary/aromatic N) is 1. The van der Waals surface area contributed by atoms with Crippen LogP contribution in [0.25, 0.3) is 0 Å². The lowest BCUT2D eigenvalue weighted by Crippen LogP contribution is -2.69. The molecule has 0 unspecified atom stereocenters. The van der Waals surface area contributed by atoms with Crippen molar-refractivity contribution in [1.29, 1.82) is 0 Å². The molecule has 6 amide bonds. The third-order valence-electron chi connectivity index (χ3n) is 5.85. The summed E-state index contributed by atoms with van der Waals surface area (Å²) in [7, 11) is 0. The normalized spacial score (nSPS) is 16.5. The Morgan fingerprint density at radius 1 is 0.944 bits per heavy atom. The average Bonchev–Trinajstić information content (AvgIpc) is 2.82. The van der Waals surface area contributed by atoms with E-state index in [1.54, 1.807) is 48.2 Å². The summed E-state index contributed by atoms with van der Waals surface area (Å²) in [5.74, 6) is -0.349. The Bertz CT molecular complexity index is 1090. The molecule has 0 aliphatic carbocycles. The van der Waals surface area contributed by atoms with E-state index in [4.69, 9.17) is 14.2 Å². The Kier molecular flexibility index (Phi) is 7.69. The molecule has 36 heavy (non-hydrogen) atoms. The molecule has 11 nitrogen and oxygen atoms in total. The fourth-order valence-corrected chi connectivity index (χ4v) is 3.67. The van der Waals surface area contributed by atoms with Crippen molar-refractivity contribution in [3.63, 3.8) is 0 Å². The van der Waals surface area contributed by atoms with Gasteiger partial charge in [0, 0.05) is 32.7 Å². The number of hydrogen-bond acceptors (Lipinski definition) is 7. The first-order chi connectivity index (χ1) is 17.4. The maximum absolute atomic E-state index is 12.6. The number of likely N-dealkylation sites (tertiary alicyclic amines) is 1. The zero-order valence-corrected chi connectivity index (χ0v) is 19.9. The van der Waals surface area contributed by atoms with Crippen LogP contribution in [-0.2, 0) is 20.9 Å². The fraction of sp³-hybridized carbons (Fsp3) is 0.360. The number of amides is 6. The molecule has 190 valence electrons. The van der Waals surface area contributed by atoms with Gasteiger partial charge in [-0.1, -0.05) is 12.1 Å². The summed E-state index contributed by atoms with van der Waals surface area (Å²) in [5.41, 5.74) is -0.994. The smallest absolute Gasteiger partial charge is 0.328 e. The molecule has 11 heteroatoms. The number of barbiturate groups is 1. The van der Waals surface area contributed by atoms with Crippen molar-refractivity contribution in [2.45, 2.75) is 31.9 Å². The largest absolute Gasteiger partial charge is 0.467 e. The number of benzene rings is 2. The maximum Gasteiger partial charge on any atom is 0.328 e. The molecule has 0 saturated carbocycles.